The van der Waals surface area contributed by atoms with Gasteiger partial charge in [0.1, 0.15) is 5.69 Å². The zero-order chi connectivity index (χ0) is 18.4. The van der Waals surface area contributed by atoms with Crippen molar-refractivity contribution in [3.63, 3.8) is 0 Å². The molecule has 0 aromatic heterocycles. The van der Waals surface area contributed by atoms with E-state index in [1.807, 2.05) is 0 Å². The monoisotopic (exact) mass is 406 g/mol. The van der Waals surface area contributed by atoms with Crippen LogP contribution in [0.5, 0.6) is 0 Å². The largest absolute Gasteiger partial charge is 0.462 e. The number of nitrogens with zero attached hydrogens (tertiary/aromatic N) is 1. The Balaban J connectivity index is 1.84. The third-order valence-electron chi connectivity index (χ3n) is 3.41. The van der Waals surface area contributed by atoms with Crippen LogP contribution in [-0.4, -0.2) is 23.3 Å². The molecular formula is C17H15BrN2O5. The van der Waals surface area contributed by atoms with Gasteiger partial charge < -0.3 is 10.5 Å². The maximum absolute atomic E-state index is 12.0. The second-order valence-electron chi connectivity index (χ2n) is 5.20. The van der Waals surface area contributed by atoms with Gasteiger partial charge >= 0.3 is 5.97 Å². The zero-order valence-electron chi connectivity index (χ0n) is 13.1. The van der Waals surface area contributed by atoms with Crippen LogP contribution >= 0.6 is 15.9 Å². The van der Waals surface area contributed by atoms with Crippen LogP contribution in [-0.2, 0) is 4.74 Å². The molecule has 0 unspecified atom stereocenters. The number of hydrogen-bond acceptors (Lipinski definition) is 6. The second-order valence-corrected chi connectivity index (χ2v) is 6.12. The van der Waals surface area contributed by atoms with E-state index in [2.05, 4.69) is 15.9 Å². The quantitative estimate of drug-likeness (QED) is 0.187. The minimum absolute atomic E-state index is 0.0263. The molecule has 2 N–H and O–H groups in total. The van der Waals surface area contributed by atoms with E-state index >= 15 is 0 Å². The van der Waals surface area contributed by atoms with Gasteiger partial charge in [-0.2, -0.15) is 0 Å². The smallest absolute Gasteiger partial charge is 0.338 e. The van der Waals surface area contributed by atoms with Crippen molar-refractivity contribution in [3.05, 3.63) is 68.2 Å². The molecule has 130 valence electrons. The van der Waals surface area contributed by atoms with Crippen LogP contribution in [0, 0.1) is 10.1 Å². The lowest BCUT2D eigenvalue weighted by Gasteiger charge is -2.06. The molecule has 0 aliphatic carbocycles. The van der Waals surface area contributed by atoms with Crippen molar-refractivity contribution >= 4 is 39.1 Å². The van der Waals surface area contributed by atoms with Gasteiger partial charge in [0, 0.05) is 22.5 Å². The number of rotatable bonds is 7. The highest BCUT2D eigenvalue weighted by Gasteiger charge is 2.16. The highest BCUT2D eigenvalue weighted by Crippen LogP contribution is 2.22. The van der Waals surface area contributed by atoms with Crippen molar-refractivity contribution in [3.8, 4) is 0 Å². The summed E-state index contributed by atoms with van der Waals surface area (Å²) in [5.41, 5.74) is 5.73. The van der Waals surface area contributed by atoms with E-state index in [1.165, 1.54) is 12.1 Å². The molecular weight excluding hydrogens is 392 g/mol. The number of hydrogen-bond donors (Lipinski definition) is 1. The van der Waals surface area contributed by atoms with Crippen molar-refractivity contribution in [2.75, 3.05) is 12.3 Å². The van der Waals surface area contributed by atoms with E-state index in [4.69, 9.17) is 10.5 Å². The minimum Gasteiger partial charge on any atom is -0.462 e. The molecule has 0 aliphatic heterocycles. The van der Waals surface area contributed by atoms with E-state index in [1.54, 1.807) is 24.3 Å². The number of carbonyl (C=O) groups excluding carboxylic acids is 2. The lowest BCUT2D eigenvalue weighted by Crippen LogP contribution is -2.09. The summed E-state index contributed by atoms with van der Waals surface area (Å²) in [6.45, 7) is 0.0409. The Hall–Kier alpha value is -2.74. The standard InChI is InChI=1S/C17H15BrN2O5/c18-13-6-3-11(4-7-13)16(21)2-1-9-25-17(22)12-5-8-14(19)15(10-12)20(23)24/h3-8,10H,1-2,9,19H2. The van der Waals surface area contributed by atoms with Crippen LogP contribution in [0.3, 0.4) is 0 Å². The molecule has 0 aliphatic rings. The highest BCUT2D eigenvalue weighted by molar-refractivity contribution is 9.10. The molecule has 7 nitrogen and oxygen atoms in total. The van der Waals surface area contributed by atoms with Gasteiger partial charge in [-0.15, -0.1) is 0 Å². The molecule has 0 atom stereocenters. The van der Waals surface area contributed by atoms with E-state index in [-0.39, 0.29) is 35.7 Å². The maximum Gasteiger partial charge on any atom is 0.338 e. The average Bonchev–Trinajstić information content (AvgIpc) is 2.59. The predicted molar refractivity (Wildman–Crippen MR) is 95.5 cm³/mol. The summed E-state index contributed by atoms with van der Waals surface area (Å²) >= 11 is 3.30. The fraction of sp³-hybridized carbons (Fsp3) is 0.176. The van der Waals surface area contributed by atoms with Gasteiger partial charge in [-0.05, 0) is 30.7 Å². The normalized spacial score (nSPS) is 10.3. The number of Topliss-reactive ketones (excluding diaryl/α,β-unsaturated/α-hetero) is 1. The molecule has 0 amide bonds. The fourth-order valence-corrected chi connectivity index (χ4v) is 2.35. The van der Waals surface area contributed by atoms with Gasteiger partial charge in [-0.3, -0.25) is 14.9 Å². The SMILES string of the molecule is Nc1ccc(C(=O)OCCCC(=O)c2ccc(Br)cc2)cc1[N+](=O)[O-]. The Morgan fingerprint density at radius 2 is 1.76 bits per heavy atom. The van der Waals surface area contributed by atoms with E-state index < -0.39 is 10.9 Å². The molecule has 0 radical (unpaired) electrons. The van der Waals surface area contributed by atoms with E-state index in [0.29, 0.717) is 12.0 Å². The first-order valence-electron chi connectivity index (χ1n) is 7.38. The molecule has 0 saturated heterocycles. The Labute approximate surface area is 152 Å². The zero-order valence-corrected chi connectivity index (χ0v) is 14.7. The van der Waals surface area contributed by atoms with Gasteiger partial charge in [-0.1, -0.05) is 28.1 Å². The topological polar surface area (TPSA) is 113 Å². The number of nitrogen functional groups attached to an aromatic ring is 1. The predicted octanol–water partition coefficient (Wildman–Crippen LogP) is 3.76. The molecule has 25 heavy (non-hydrogen) atoms. The molecule has 0 spiro atoms. The lowest BCUT2D eigenvalue weighted by molar-refractivity contribution is -0.383. The third kappa shape index (κ3) is 5.12. The first-order valence-corrected chi connectivity index (χ1v) is 8.17. The van der Waals surface area contributed by atoms with E-state index in [0.717, 1.165) is 10.5 Å². The second kappa shape index (κ2) is 8.39. The third-order valence-corrected chi connectivity index (χ3v) is 3.94. The summed E-state index contributed by atoms with van der Waals surface area (Å²) in [6.07, 6.45) is 0.592. The van der Waals surface area contributed by atoms with Crippen molar-refractivity contribution in [1.82, 2.24) is 0 Å². The number of nitro groups is 1. The number of nitrogens with two attached hydrogens (primary N) is 1. The summed E-state index contributed by atoms with van der Waals surface area (Å²) in [5, 5.41) is 10.8. The maximum atomic E-state index is 12.0. The van der Waals surface area contributed by atoms with Crippen LogP contribution < -0.4 is 5.73 Å². The van der Waals surface area contributed by atoms with Crippen molar-refractivity contribution < 1.29 is 19.2 Å². The van der Waals surface area contributed by atoms with E-state index in [9.17, 15) is 19.7 Å². The number of nitro benzene ring substituents is 1. The number of ether oxygens (including phenoxy) is 1. The van der Waals surface area contributed by atoms with Gasteiger partial charge in [0.2, 0.25) is 0 Å². The number of ketones is 1. The Kier molecular flexibility index (Phi) is 6.24. The highest BCUT2D eigenvalue weighted by atomic mass is 79.9. The van der Waals surface area contributed by atoms with Crippen LogP contribution in [0.25, 0.3) is 0 Å². The molecule has 0 fully saturated rings. The number of carbonyl (C=O) groups is 2. The molecule has 2 rings (SSSR count). The summed E-state index contributed by atoms with van der Waals surface area (Å²) in [7, 11) is 0. The fourth-order valence-electron chi connectivity index (χ4n) is 2.09. The Morgan fingerprint density at radius 1 is 1.12 bits per heavy atom. The number of anilines is 1. The average molecular weight is 407 g/mol. The van der Waals surface area contributed by atoms with Crippen LogP contribution in [0.4, 0.5) is 11.4 Å². The van der Waals surface area contributed by atoms with Crippen molar-refractivity contribution in [1.29, 1.82) is 0 Å². The summed E-state index contributed by atoms with van der Waals surface area (Å²) < 4.78 is 5.93. The summed E-state index contributed by atoms with van der Waals surface area (Å²) in [4.78, 5) is 34.0. The van der Waals surface area contributed by atoms with Crippen molar-refractivity contribution in [2.45, 2.75) is 12.8 Å². The first kappa shape index (κ1) is 18.6. The number of esters is 1. The number of benzene rings is 2. The lowest BCUT2D eigenvalue weighted by atomic mass is 10.1. The molecule has 0 bridgehead atoms. The molecule has 0 heterocycles. The first-order chi connectivity index (χ1) is 11.9. The van der Waals surface area contributed by atoms with Crippen LogP contribution in [0.15, 0.2) is 46.9 Å². The van der Waals surface area contributed by atoms with Gasteiger partial charge in [-0.25, -0.2) is 4.79 Å². The molecule has 0 saturated carbocycles. The van der Waals surface area contributed by atoms with Crippen molar-refractivity contribution in [2.24, 2.45) is 0 Å². The van der Waals surface area contributed by atoms with Gasteiger partial charge in [0.15, 0.2) is 5.78 Å². The summed E-state index contributed by atoms with van der Waals surface area (Å²) in [6, 6.07) is 10.7. The van der Waals surface area contributed by atoms with Gasteiger partial charge in [0.25, 0.3) is 5.69 Å². The van der Waals surface area contributed by atoms with Gasteiger partial charge in [0.05, 0.1) is 17.1 Å². The molecule has 2 aromatic carbocycles. The summed E-state index contributed by atoms with van der Waals surface area (Å²) in [5.74, 6) is -0.745. The van der Waals surface area contributed by atoms with Crippen LogP contribution in [0.1, 0.15) is 33.6 Å². The molecule has 2 aromatic rings. The Morgan fingerprint density at radius 3 is 2.40 bits per heavy atom. The minimum atomic E-state index is -0.695. The number of halogens is 1. The van der Waals surface area contributed by atoms with Crippen LogP contribution in [0.2, 0.25) is 0 Å². The molecule has 8 heteroatoms. The Bertz CT molecular complexity index is 805.